The summed E-state index contributed by atoms with van der Waals surface area (Å²) in [4.78, 5) is 26.9. The van der Waals surface area contributed by atoms with Crippen molar-refractivity contribution in [3.05, 3.63) is 29.6 Å². The molecule has 0 saturated carbocycles. The summed E-state index contributed by atoms with van der Waals surface area (Å²) < 4.78 is 13.4. The third kappa shape index (κ3) is 4.96. The molecule has 1 aliphatic rings. The van der Waals surface area contributed by atoms with Crippen LogP contribution in [0.4, 0.5) is 10.1 Å². The lowest BCUT2D eigenvalue weighted by molar-refractivity contribution is -0.130. The fourth-order valence-corrected chi connectivity index (χ4v) is 2.30. The van der Waals surface area contributed by atoms with E-state index in [1.165, 1.54) is 6.07 Å². The Morgan fingerprint density at radius 1 is 1.23 bits per heavy atom. The molecule has 1 aromatic carbocycles. The quantitative estimate of drug-likeness (QED) is 0.715. The van der Waals surface area contributed by atoms with Crippen molar-refractivity contribution in [3.63, 3.8) is 0 Å². The van der Waals surface area contributed by atoms with Crippen molar-refractivity contribution < 1.29 is 26.4 Å². The number of piperazine rings is 1. The van der Waals surface area contributed by atoms with Crippen LogP contribution < -0.4 is 17.7 Å². The summed E-state index contributed by atoms with van der Waals surface area (Å²) >= 11 is 0. The van der Waals surface area contributed by atoms with Gasteiger partial charge in [0.25, 0.3) is 0 Å². The van der Waals surface area contributed by atoms with Gasteiger partial charge in [-0.05, 0) is 24.6 Å². The van der Waals surface area contributed by atoms with Crippen LogP contribution in [-0.2, 0) is 9.59 Å². The van der Waals surface area contributed by atoms with Crippen LogP contribution in [0.25, 0.3) is 0 Å². The number of carbonyl (C=O) groups is 2. The zero-order valence-corrected chi connectivity index (χ0v) is 13.5. The maximum absolute atomic E-state index is 13.4. The van der Waals surface area contributed by atoms with Crippen LogP contribution >= 0.6 is 0 Å². The van der Waals surface area contributed by atoms with Crippen molar-refractivity contribution in [2.45, 2.75) is 13.8 Å². The smallest absolute Gasteiger partial charge is 0.238 e. The number of anilines is 1. The van der Waals surface area contributed by atoms with E-state index < -0.39 is 0 Å². The average molecular weight is 329 g/mol. The van der Waals surface area contributed by atoms with Gasteiger partial charge in [0.2, 0.25) is 11.8 Å². The van der Waals surface area contributed by atoms with Gasteiger partial charge in [-0.3, -0.25) is 14.5 Å². The molecule has 0 unspecified atom stereocenters. The first kappa shape index (κ1) is 18.4. The zero-order chi connectivity index (χ0) is 15.4. The van der Waals surface area contributed by atoms with Crippen molar-refractivity contribution in [2.24, 2.45) is 0 Å². The highest BCUT2D eigenvalue weighted by atomic mass is 35.5. The van der Waals surface area contributed by atoms with E-state index in [9.17, 15) is 14.0 Å². The topological polar surface area (TPSA) is 52.7 Å². The molecular formula is C15H20ClFN3O2-. The molecule has 0 aliphatic carbocycles. The number of hydrogen-bond donors (Lipinski definition) is 1. The van der Waals surface area contributed by atoms with Crippen LogP contribution in [0.5, 0.6) is 0 Å². The maximum atomic E-state index is 13.4. The van der Waals surface area contributed by atoms with E-state index in [4.69, 9.17) is 0 Å². The molecule has 1 fully saturated rings. The molecule has 7 heteroatoms. The molecule has 22 heavy (non-hydrogen) atoms. The van der Waals surface area contributed by atoms with Gasteiger partial charge in [0, 0.05) is 38.8 Å². The second kappa shape index (κ2) is 8.10. The summed E-state index contributed by atoms with van der Waals surface area (Å²) in [7, 11) is 0. The molecule has 0 aromatic heterocycles. The highest BCUT2D eigenvalue weighted by Gasteiger charge is 2.20. The standard InChI is InChI=1S/C15H20FN3O2.ClH/c1-11-3-4-13(9-14(11)16)17-15(21)10-18-5-7-19(8-6-18)12(2)20;/h3-4,9H,5-8,10H2,1-2H3,(H,17,21);1H/p-1. The minimum atomic E-state index is -0.331. The van der Waals surface area contributed by atoms with Crippen molar-refractivity contribution in [1.29, 1.82) is 0 Å². The lowest BCUT2D eigenvalue weighted by Crippen LogP contribution is -3.00. The molecule has 2 amide bonds. The predicted molar refractivity (Wildman–Crippen MR) is 78.5 cm³/mol. The predicted octanol–water partition coefficient (Wildman–Crippen LogP) is -1.76. The Bertz CT molecular complexity index is 546. The highest BCUT2D eigenvalue weighted by Crippen LogP contribution is 2.13. The molecule has 2 rings (SSSR count). The Morgan fingerprint density at radius 3 is 2.41 bits per heavy atom. The second-order valence-electron chi connectivity index (χ2n) is 5.29. The van der Waals surface area contributed by atoms with E-state index >= 15 is 0 Å². The molecule has 1 saturated heterocycles. The Kier molecular flexibility index (Phi) is 6.77. The van der Waals surface area contributed by atoms with Crippen molar-refractivity contribution >= 4 is 17.5 Å². The van der Waals surface area contributed by atoms with Crippen molar-refractivity contribution in [1.82, 2.24) is 9.80 Å². The number of nitrogens with one attached hydrogen (secondary N) is 1. The number of carbonyl (C=O) groups excluding carboxylic acids is 2. The van der Waals surface area contributed by atoms with Gasteiger partial charge in [0.1, 0.15) is 5.82 Å². The molecule has 0 bridgehead atoms. The summed E-state index contributed by atoms with van der Waals surface area (Å²) in [6.07, 6.45) is 0. The number of benzene rings is 1. The fourth-order valence-electron chi connectivity index (χ4n) is 2.30. The van der Waals surface area contributed by atoms with E-state index in [2.05, 4.69) is 5.32 Å². The first-order valence-corrected chi connectivity index (χ1v) is 6.99. The van der Waals surface area contributed by atoms with E-state index in [-0.39, 0.29) is 36.6 Å². The minimum absolute atomic E-state index is 0. The molecule has 1 heterocycles. The summed E-state index contributed by atoms with van der Waals surface area (Å²) in [6.45, 7) is 6.11. The summed E-state index contributed by atoms with van der Waals surface area (Å²) in [5, 5.41) is 2.69. The van der Waals surface area contributed by atoms with Crippen LogP contribution in [0.2, 0.25) is 0 Å². The number of hydrogen-bond acceptors (Lipinski definition) is 3. The Balaban J connectivity index is 0.00000242. The van der Waals surface area contributed by atoms with E-state index in [1.807, 2.05) is 4.90 Å². The van der Waals surface area contributed by atoms with Crippen LogP contribution in [-0.4, -0.2) is 54.3 Å². The molecule has 0 spiro atoms. The van der Waals surface area contributed by atoms with Gasteiger partial charge in [-0.15, -0.1) is 0 Å². The Labute approximate surface area is 135 Å². The van der Waals surface area contributed by atoms with Crippen LogP contribution in [0.15, 0.2) is 18.2 Å². The SMILES string of the molecule is CC(=O)N1CCN(CC(=O)Nc2ccc(C)c(F)c2)CC1.[Cl-]. The number of halogens is 2. The third-order valence-corrected chi connectivity index (χ3v) is 3.64. The number of rotatable bonds is 3. The summed E-state index contributed by atoms with van der Waals surface area (Å²) in [5.41, 5.74) is 1.01. The second-order valence-corrected chi connectivity index (χ2v) is 5.29. The summed E-state index contributed by atoms with van der Waals surface area (Å²) in [6, 6.07) is 4.64. The zero-order valence-electron chi connectivity index (χ0n) is 12.7. The van der Waals surface area contributed by atoms with Crippen LogP contribution in [0.3, 0.4) is 0 Å². The van der Waals surface area contributed by atoms with Gasteiger partial charge < -0.3 is 22.6 Å². The lowest BCUT2D eigenvalue weighted by atomic mass is 10.2. The first-order chi connectivity index (χ1) is 9.95. The number of aryl methyl sites for hydroxylation is 1. The average Bonchev–Trinajstić information content (AvgIpc) is 2.43. The van der Waals surface area contributed by atoms with Gasteiger partial charge in [-0.1, -0.05) is 6.07 Å². The highest BCUT2D eigenvalue weighted by molar-refractivity contribution is 5.92. The van der Waals surface area contributed by atoms with Crippen LogP contribution in [0, 0.1) is 12.7 Å². The Hall–Kier alpha value is -1.66. The van der Waals surface area contributed by atoms with Gasteiger partial charge in [0.15, 0.2) is 0 Å². The number of amides is 2. The van der Waals surface area contributed by atoms with Gasteiger partial charge in [0.05, 0.1) is 6.54 Å². The molecule has 1 N–H and O–H groups in total. The molecule has 1 aliphatic heterocycles. The van der Waals surface area contributed by atoms with Gasteiger partial charge >= 0.3 is 0 Å². The molecule has 122 valence electrons. The maximum Gasteiger partial charge on any atom is 0.238 e. The number of nitrogens with zero attached hydrogens (tertiary/aromatic N) is 2. The molecule has 0 radical (unpaired) electrons. The van der Waals surface area contributed by atoms with Gasteiger partial charge in [-0.2, -0.15) is 0 Å². The normalized spacial score (nSPS) is 15.1. The monoisotopic (exact) mass is 328 g/mol. The Morgan fingerprint density at radius 2 is 1.86 bits per heavy atom. The molecule has 5 nitrogen and oxygen atoms in total. The molecule has 0 atom stereocenters. The van der Waals surface area contributed by atoms with Crippen molar-refractivity contribution in [3.8, 4) is 0 Å². The van der Waals surface area contributed by atoms with E-state index in [1.54, 1.807) is 30.9 Å². The third-order valence-electron chi connectivity index (χ3n) is 3.64. The minimum Gasteiger partial charge on any atom is -1.00 e. The van der Waals surface area contributed by atoms with Crippen LogP contribution in [0.1, 0.15) is 12.5 Å². The fraction of sp³-hybridized carbons (Fsp3) is 0.467. The van der Waals surface area contributed by atoms with Crippen molar-refractivity contribution in [2.75, 3.05) is 38.0 Å². The van der Waals surface area contributed by atoms with E-state index in [0.717, 1.165) is 0 Å². The van der Waals surface area contributed by atoms with Gasteiger partial charge in [-0.25, -0.2) is 4.39 Å². The molecular weight excluding hydrogens is 309 g/mol. The summed E-state index contributed by atoms with van der Waals surface area (Å²) in [5.74, 6) is -0.438. The van der Waals surface area contributed by atoms with E-state index in [0.29, 0.717) is 37.4 Å². The largest absolute Gasteiger partial charge is 1.00 e. The molecule has 1 aromatic rings. The lowest BCUT2D eigenvalue weighted by Gasteiger charge is -2.33. The first-order valence-electron chi connectivity index (χ1n) is 6.99.